The molecule has 21 heteroatoms. The standard InChI is InChI=1S/C55H61N11O9S/c1-34-4-2-3-5-41(34)48-30-63(39-28-56-33-57-29-39)17-18-64(48)38-26-55(27-38)12-15-62(16-13-55)37-6-7-42(45(23-37)65-44-11-21-73-32-50(44)75-54-47(65)22-36-8-14-58-52(36)60-54)53(67)61-76(70,71)40-24-46(66(68)69)51-49(25-40)74-31-43(59-51)35-9-19-72-20-10-35/h2-8,14,22-25,28-29,33,35,38,43-44,48,50,59H,9-13,15-21,26-27,30-32H2,1H3,(H,58,60)(H,61,67)/t43-,44-,48-,50-/m0/s1. The minimum absolute atomic E-state index is 0.0270. The van der Waals surface area contributed by atoms with E-state index in [1.165, 1.54) is 17.2 Å². The molecule has 6 aliphatic heterocycles. The van der Waals surface area contributed by atoms with Gasteiger partial charge in [0.1, 0.15) is 30.4 Å². The van der Waals surface area contributed by atoms with E-state index >= 15 is 0 Å². The lowest BCUT2D eigenvalue weighted by atomic mass is 9.59. The number of nitrogens with zero attached hydrogens (tertiary/aromatic N) is 8. The van der Waals surface area contributed by atoms with Crippen molar-refractivity contribution in [2.24, 2.45) is 11.3 Å². The van der Waals surface area contributed by atoms with Crippen molar-refractivity contribution in [2.45, 2.75) is 87.0 Å². The third kappa shape index (κ3) is 8.89. The van der Waals surface area contributed by atoms with Gasteiger partial charge >= 0.3 is 0 Å². The molecule has 7 aliphatic rings. The summed E-state index contributed by atoms with van der Waals surface area (Å²) < 4.78 is 55.1. The van der Waals surface area contributed by atoms with E-state index in [0.717, 1.165) is 94.1 Å². The molecule has 3 N–H and O–H groups in total. The molecule has 6 aromatic rings. The van der Waals surface area contributed by atoms with Gasteiger partial charge < -0.3 is 43.9 Å². The molecule has 1 spiro atoms. The number of nitrogens with one attached hydrogen (secondary N) is 3. The Morgan fingerprint density at radius 2 is 1.68 bits per heavy atom. The van der Waals surface area contributed by atoms with Crippen molar-refractivity contribution in [3.8, 4) is 11.6 Å². The Labute approximate surface area is 440 Å². The Bertz CT molecular complexity index is 3300. The minimum Gasteiger partial charge on any atom is -0.489 e. The van der Waals surface area contributed by atoms with Gasteiger partial charge in [-0.2, -0.15) is 4.98 Å². The number of aromatic amines is 1. The molecule has 13 rings (SSSR count). The van der Waals surface area contributed by atoms with Gasteiger partial charge in [-0.3, -0.25) is 19.8 Å². The maximum Gasteiger partial charge on any atom is 0.297 e. The van der Waals surface area contributed by atoms with Crippen LogP contribution in [0.4, 0.5) is 34.1 Å². The minimum atomic E-state index is -4.70. The van der Waals surface area contributed by atoms with Crippen molar-refractivity contribution in [3.63, 3.8) is 0 Å². The quantitative estimate of drug-likeness (QED) is 0.0905. The molecule has 1 saturated carbocycles. The molecule has 5 fully saturated rings. The summed E-state index contributed by atoms with van der Waals surface area (Å²) in [5.41, 5.74) is 6.33. The van der Waals surface area contributed by atoms with Crippen molar-refractivity contribution in [1.29, 1.82) is 0 Å². The number of benzene rings is 3. The van der Waals surface area contributed by atoms with Gasteiger partial charge in [-0.05, 0) is 105 Å². The number of piperazine rings is 1. The summed E-state index contributed by atoms with van der Waals surface area (Å²) >= 11 is 0. The van der Waals surface area contributed by atoms with Crippen LogP contribution in [0.25, 0.3) is 11.0 Å². The van der Waals surface area contributed by atoms with E-state index in [9.17, 15) is 23.3 Å². The molecular formula is C55H61N11O9S. The lowest BCUT2D eigenvalue weighted by Crippen LogP contribution is -2.60. The monoisotopic (exact) mass is 1050 g/mol. The number of ether oxygens (including phenoxy) is 4. The summed E-state index contributed by atoms with van der Waals surface area (Å²) in [5.74, 6) is -0.341. The van der Waals surface area contributed by atoms with Gasteiger partial charge in [0.2, 0.25) is 5.88 Å². The number of amides is 1. The molecule has 4 saturated heterocycles. The van der Waals surface area contributed by atoms with E-state index in [0.29, 0.717) is 61.8 Å². The number of H-pyrrole nitrogens is 1. The van der Waals surface area contributed by atoms with E-state index in [-0.39, 0.29) is 53.1 Å². The average Bonchev–Trinajstić information content (AvgIpc) is 3.97. The number of sulfonamides is 1. The highest BCUT2D eigenvalue weighted by atomic mass is 32.2. The number of aryl methyl sites for hydroxylation is 1. The largest absolute Gasteiger partial charge is 0.489 e. The predicted molar refractivity (Wildman–Crippen MR) is 284 cm³/mol. The van der Waals surface area contributed by atoms with E-state index in [4.69, 9.17) is 23.9 Å². The van der Waals surface area contributed by atoms with Crippen LogP contribution in [0.3, 0.4) is 0 Å². The zero-order valence-electron chi connectivity index (χ0n) is 42.3. The van der Waals surface area contributed by atoms with Gasteiger partial charge in [-0.15, -0.1) is 0 Å². The van der Waals surface area contributed by atoms with Crippen LogP contribution in [0.15, 0.2) is 96.5 Å². The Morgan fingerprint density at radius 1 is 0.882 bits per heavy atom. The van der Waals surface area contributed by atoms with E-state index in [1.807, 2.05) is 42.9 Å². The highest BCUT2D eigenvalue weighted by molar-refractivity contribution is 7.90. The number of nitro groups is 1. The second-order valence-electron chi connectivity index (χ2n) is 21.6. The van der Waals surface area contributed by atoms with Crippen molar-refractivity contribution in [3.05, 3.63) is 118 Å². The first-order valence-corrected chi connectivity index (χ1v) is 28.0. The van der Waals surface area contributed by atoms with Gasteiger partial charge in [0.25, 0.3) is 21.6 Å². The zero-order chi connectivity index (χ0) is 51.7. The zero-order valence-corrected chi connectivity index (χ0v) is 43.1. The number of carbonyl (C=O) groups is 1. The molecule has 0 bridgehead atoms. The summed E-state index contributed by atoms with van der Waals surface area (Å²) in [6.45, 7) is 8.66. The maximum absolute atomic E-state index is 14.9. The SMILES string of the molecule is Cc1ccccc1[C@@H]1CN(c2cncnc2)CCN1C1CC2(CCN(c3ccc(C(=O)NS(=O)(=O)c4cc5c(c([N+](=O)[O-])c4)N[C@H](C4CCOCC4)CO5)c(N4c5cc6cc[nH]c6nc5O[C@H]5COCC[C@@H]54)c3)CC2)C1. The lowest BCUT2D eigenvalue weighted by Gasteiger charge is -2.58. The fraction of sp³-hybridized carbons (Fsp3) is 0.455. The first-order valence-electron chi connectivity index (χ1n) is 26.6. The molecule has 76 heavy (non-hydrogen) atoms. The van der Waals surface area contributed by atoms with Crippen LogP contribution in [0.2, 0.25) is 0 Å². The second kappa shape index (κ2) is 19.5. The number of anilines is 5. The first kappa shape index (κ1) is 48.6. The van der Waals surface area contributed by atoms with Crippen LogP contribution in [-0.2, 0) is 19.5 Å². The molecule has 1 amide bonds. The molecule has 20 nitrogen and oxygen atoms in total. The Balaban J connectivity index is 0.785. The average molecular weight is 1050 g/mol. The van der Waals surface area contributed by atoms with Gasteiger partial charge in [0, 0.05) is 88.0 Å². The molecule has 3 aromatic carbocycles. The predicted octanol–water partition coefficient (Wildman–Crippen LogP) is 7.29. The Kier molecular flexibility index (Phi) is 12.5. The fourth-order valence-corrected chi connectivity index (χ4v) is 14.2. The van der Waals surface area contributed by atoms with Crippen LogP contribution in [0, 0.1) is 28.4 Å². The van der Waals surface area contributed by atoms with Gasteiger partial charge in [0.15, 0.2) is 11.4 Å². The third-order valence-electron chi connectivity index (χ3n) is 17.3. The van der Waals surface area contributed by atoms with Crippen LogP contribution in [0.1, 0.15) is 72.5 Å². The van der Waals surface area contributed by atoms with E-state index in [2.05, 4.69) is 75.8 Å². The molecule has 9 heterocycles. The Hall–Kier alpha value is -7.07. The molecule has 0 unspecified atom stereocenters. The molecule has 3 aromatic heterocycles. The van der Waals surface area contributed by atoms with Gasteiger partial charge in [-0.25, -0.2) is 23.1 Å². The number of carbonyl (C=O) groups excluding carboxylic acids is 1. The summed E-state index contributed by atoms with van der Waals surface area (Å²) in [6.07, 6.45) is 13.1. The number of piperidine rings is 1. The lowest BCUT2D eigenvalue weighted by molar-refractivity contribution is -0.384. The summed E-state index contributed by atoms with van der Waals surface area (Å²) in [7, 11) is -4.70. The highest BCUT2D eigenvalue weighted by Gasteiger charge is 2.50. The van der Waals surface area contributed by atoms with Crippen LogP contribution in [-0.4, -0.2) is 134 Å². The molecule has 4 atom stereocenters. The molecule has 1 aliphatic carbocycles. The van der Waals surface area contributed by atoms with Crippen LogP contribution >= 0.6 is 0 Å². The van der Waals surface area contributed by atoms with Crippen molar-refractivity contribution in [2.75, 3.05) is 85.8 Å². The molecular weight excluding hydrogens is 991 g/mol. The second-order valence-corrected chi connectivity index (χ2v) is 23.3. The number of aromatic nitrogens is 4. The van der Waals surface area contributed by atoms with Gasteiger partial charge in [-0.1, -0.05) is 24.3 Å². The maximum atomic E-state index is 14.9. The van der Waals surface area contributed by atoms with E-state index < -0.39 is 37.5 Å². The summed E-state index contributed by atoms with van der Waals surface area (Å²) in [4.78, 5) is 52.6. The Morgan fingerprint density at radius 3 is 2.49 bits per heavy atom. The topological polar surface area (TPSA) is 223 Å². The number of pyridine rings is 1. The van der Waals surface area contributed by atoms with Crippen molar-refractivity contribution in [1.82, 2.24) is 29.6 Å². The smallest absolute Gasteiger partial charge is 0.297 e. The normalized spacial score (nSPS) is 23.8. The molecule has 0 radical (unpaired) electrons. The van der Waals surface area contributed by atoms with Crippen molar-refractivity contribution >= 4 is 61.1 Å². The van der Waals surface area contributed by atoms with Crippen molar-refractivity contribution < 1.29 is 37.1 Å². The number of hydrogen-bond acceptors (Lipinski definition) is 17. The first-order chi connectivity index (χ1) is 37.0. The van der Waals surface area contributed by atoms with E-state index in [1.54, 1.807) is 12.4 Å². The number of nitro benzene ring substituents is 1. The summed E-state index contributed by atoms with van der Waals surface area (Å²) in [5, 5.41) is 16.7. The number of hydrogen-bond donors (Lipinski definition) is 3. The van der Waals surface area contributed by atoms with Crippen LogP contribution in [0.5, 0.6) is 11.6 Å². The third-order valence-corrected chi connectivity index (χ3v) is 18.6. The van der Waals surface area contributed by atoms with Gasteiger partial charge in [0.05, 0.1) is 63.9 Å². The molecule has 396 valence electrons. The van der Waals surface area contributed by atoms with Crippen LogP contribution < -0.4 is 34.2 Å². The number of fused-ring (bicyclic) bond motifs is 4. The highest BCUT2D eigenvalue weighted by Crippen LogP contribution is 2.54. The number of rotatable bonds is 10. The fourth-order valence-electron chi connectivity index (χ4n) is 13.2. The summed E-state index contributed by atoms with van der Waals surface area (Å²) in [6, 6.07) is 20.7.